The normalized spacial score (nSPS) is 12.1. The van der Waals surface area contributed by atoms with Gasteiger partial charge in [0.25, 0.3) is 0 Å². The maximum atomic E-state index is 11.2. The van der Waals surface area contributed by atoms with Crippen LogP contribution in [0.1, 0.15) is 22.6 Å². The van der Waals surface area contributed by atoms with Crippen LogP contribution >= 0.6 is 0 Å². The van der Waals surface area contributed by atoms with Gasteiger partial charge in [-0.15, -0.1) is 0 Å². The van der Waals surface area contributed by atoms with Gasteiger partial charge >= 0.3 is 0 Å². The summed E-state index contributed by atoms with van der Waals surface area (Å²) in [6.07, 6.45) is 5.26. The molecular weight excluding hydrogens is 210 g/mol. The van der Waals surface area contributed by atoms with Crippen LogP contribution in [0.25, 0.3) is 0 Å². The minimum atomic E-state index is -0.0713. The van der Waals surface area contributed by atoms with Gasteiger partial charge < -0.3 is 4.79 Å². The predicted molar refractivity (Wildman–Crippen MR) is 67.9 cm³/mol. The largest absolute Gasteiger partial charge is 0.303 e. The van der Waals surface area contributed by atoms with Crippen molar-refractivity contribution in [1.29, 1.82) is 0 Å². The fraction of sp³-hybridized carbons (Fsp3) is 0.200. The highest BCUT2D eigenvalue weighted by molar-refractivity contribution is 5.63. The second-order valence-electron chi connectivity index (χ2n) is 4.21. The van der Waals surface area contributed by atoms with Gasteiger partial charge in [-0.3, -0.25) is 4.98 Å². The molecule has 0 saturated heterocycles. The molecule has 1 aromatic heterocycles. The molecule has 0 aliphatic heterocycles. The molecule has 0 N–H and O–H groups in total. The lowest BCUT2D eigenvalue weighted by Crippen LogP contribution is -2.04. The molecule has 0 bridgehead atoms. The number of carbonyl (C=O) groups is 1. The second kappa shape index (κ2) is 5.39. The molecule has 86 valence electrons. The maximum absolute atomic E-state index is 11.2. The van der Waals surface area contributed by atoms with E-state index in [0.717, 1.165) is 23.8 Å². The van der Waals surface area contributed by atoms with Gasteiger partial charge in [0, 0.05) is 18.3 Å². The van der Waals surface area contributed by atoms with E-state index in [-0.39, 0.29) is 5.92 Å². The summed E-state index contributed by atoms with van der Waals surface area (Å²) in [5, 5.41) is 0. The van der Waals surface area contributed by atoms with E-state index in [9.17, 15) is 4.79 Å². The smallest absolute Gasteiger partial charge is 0.127 e. The standard InChI is InChI=1S/C15H15NO/c1-12-2-4-14(5-3-12)15(11-17)10-13-6-8-16-9-7-13/h2-9,11,15H,10H2,1H3. The van der Waals surface area contributed by atoms with Crippen LogP contribution in [0.3, 0.4) is 0 Å². The number of aldehydes is 1. The summed E-state index contributed by atoms with van der Waals surface area (Å²) >= 11 is 0. The van der Waals surface area contributed by atoms with Crippen molar-refractivity contribution in [2.75, 3.05) is 0 Å². The van der Waals surface area contributed by atoms with Crippen molar-refractivity contribution in [3.8, 4) is 0 Å². The second-order valence-corrected chi connectivity index (χ2v) is 4.21. The highest BCUT2D eigenvalue weighted by Gasteiger charge is 2.10. The summed E-state index contributed by atoms with van der Waals surface area (Å²) in [6.45, 7) is 2.04. The molecule has 0 saturated carbocycles. The predicted octanol–water partition coefficient (Wildman–Crippen LogP) is 2.92. The lowest BCUT2D eigenvalue weighted by molar-refractivity contribution is -0.109. The zero-order chi connectivity index (χ0) is 12.1. The average Bonchev–Trinajstić information content (AvgIpc) is 2.38. The fourth-order valence-corrected chi connectivity index (χ4v) is 1.83. The van der Waals surface area contributed by atoms with Crippen molar-refractivity contribution < 1.29 is 4.79 Å². The van der Waals surface area contributed by atoms with Gasteiger partial charge in [0.2, 0.25) is 0 Å². The van der Waals surface area contributed by atoms with Crippen LogP contribution in [0.4, 0.5) is 0 Å². The molecule has 0 amide bonds. The Labute approximate surface area is 101 Å². The van der Waals surface area contributed by atoms with Gasteiger partial charge in [-0.25, -0.2) is 0 Å². The minimum absolute atomic E-state index is 0.0713. The van der Waals surface area contributed by atoms with E-state index < -0.39 is 0 Å². The third-order valence-electron chi connectivity index (χ3n) is 2.87. The SMILES string of the molecule is Cc1ccc(C(C=O)Cc2ccncc2)cc1. The summed E-state index contributed by atoms with van der Waals surface area (Å²) < 4.78 is 0. The molecule has 1 unspecified atom stereocenters. The number of benzene rings is 1. The number of pyridine rings is 1. The van der Waals surface area contributed by atoms with E-state index in [1.165, 1.54) is 5.56 Å². The van der Waals surface area contributed by atoms with Crippen LogP contribution in [0.5, 0.6) is 0 Å². The Bertz CT molecular complexity index is 476. The average molecular weight is 225 g/mol. The van der Waals surface area contributed by atoms with Gasteiger partial charge in [-0.2, -0.15) is 0 Å². The lowest BCUT2D eigenvalue weighted by Gasteiger charge is -2.10. The highest BCUT2D eigenvalue weighted by atomic mass is 16.1. The molecule has 0 aliphatic rings. The van der Waals surface area contributed by atoms with E-state index in [2.05, 4.69) is 4.98 Å². The Morgan fingerprint density at radius 1 is 1.12 bits per heavy atom. The monoisotopic (exact) mass is 225 g/mol. The van der Waals surface area contributed by atoms with Crippen molar-refractivity contribution in [2.45, 2.75) is 19.3 Å². The van der Waals surface area contributed by atoms with Gasteiger partial charge in [0.05, 0.1) is 0 Å². The van der Waals surface area contributed by atoms with E-state index in [0.29, 0.717) is 0 Å². The third-order valence-corrected chi connectivity index (χ3v) is 2.87. The van der Waals surface area contributed by atoms with E-state index >= 15 is 0 Å². The van der Waals surface area contributed by atoms with Crippen LogP contribution in [0.2, 0.25) is 0 Å². The number of hydrogen-bond donors (Lipinski definition) is 0. The van der Waals surface area contributed by atoms with Crippen molar-refractivity contribution in [2.24, 2.45) is 0 Å². The lowest BCUT2D eigenvalue weighted by atomic mass is 9.93. The van der Waals surface area contributed by atoms with E-state index in [4.69, 9.17) is 0 Å². The molecule has 1 atom stereocenters. The number of aryl methyl sites for hydroxylation is 1. The van der Waals surface area contributed by atoms with Crippen molar-refractivity contribution in [3.63, 3.8) is 0 Å². The molecule has 0 radical (unpaired) electrons. The molecule has 2 heteroatoms. The van der Waals surface area contributed by atoms with Crippen LogP contribution in [-0.4, -0.2) is 11.3 Å². The third kappa shape index (κ3) is 3.00. The number of hydrogen-bond acceptors (Lipinski definition) is 2. The van der Waals surface area contributed by atoms with E-state index in [1.807, 2.05) is 43.3 Å². The molecule has 0 fully saturated rings. The van der Waals surface area contributed by atoms with Gasteiger partial charge in [0.1, 0.15) is 6.29 Å². The number of aromatic nitrogens is 1. The molecule has 17 heavy (non-hydrogen) atoms. The quantitative estimate of drug-likeness (QED) is 0.749. The molecule has 0 aliphatic carbocycles. The first kappa shape index (κ1) is 11.5. The Balaban J connectivity index is 2.17. The Morgan fingerprint density at radius 3 is 2.35 bits per heavy atom. The zero-order valence-corrected chi connectivity index (χ0v) is 9.84. The maximum Gasteiger partial charge on any atom is 0.127 e. The molecule has 0 spiro atoms. The molecule has 2 rings (SSSR count). The van der Waals surface area contributed by atoms with Crippen LogP contribution in [-0.2, 0) is 11.2 Å². The minimum Gasteiger partial charge on any atom is -0.303 e. The Hall–Kier alpha value is -1.96. The Kier molecular flexibility index (Phi) is 3.66. The molecule has 2 nitrogen and oxygen atoms in total. The Morgan fingerprint density at radius 2 is 1.76 bits per heavy atom. The number of nitrogens with zero attached hydrogens (tertiary/aromatic N) is 1. The van der Waals surface area contributed by atoms with Crippen molar-refractivity contribution >= 4 is 6.29 Å². The van der Waals surface area contributed by atoms with Crippen LogP contribution in [0, 0.1) is 6.92 Å². The highest BCUT2D eigenvalue weighted by Crippen LogP contribution is 2.19. The van der Waals surface area contributed by atoms with E-state index in [1.54, 1.807) is 12.4 Å². The molecular formula is C15H15NO. The molecule has 2 aromatic rings. The van der Waals surface area contributed by atoms with Gasteiger partial charge in [0.15, 0.2) is 0 Å². The van der Waals surface area contributed by atoms with Gasteiger partial charge in [-0.05, 0) is 36.6 Å². The zero-order valence-electron chi connectivity index (χ0n) is 9.84. The van der Waals surface area contributed by atoms with Crippen LogP contribution < -0.4 is 0 Å². The molecule has 1 aromatic carbocycles. The first-order chi connectivity index (χ1) is 8.29. The fourth-order valence-electron chi connectivity index (χ4n) is 1.83. The number of carbonyl (C=O) groups excluding carboxylic acids is 1. The summed E-state index contributed by atoms with van der Waals surface area (Å²) in [5.74, 6) is -0.0713. The summed E-state index contributed by atoms with van der Waals surface area (Å²) in [4.78, 5) is 15.2. The van der Waals surface area contributed by atoms with Crippen molar-refractivity contribution in [1.82, 2.24) is 4.98 Å². The number of rotatable bonds is 4. The first-order valence-corrected chi connectivity index (χ1v) is 5.70. The summed E-state index contributed by atoms with van der Waals surface area (Å²) in [6, 6.07) is 12.0. The first-order valence-electron chi connectivity index (χ1n) is 5.70. The van der Waals surface area contributed by atoms with Crippen LogP contribution in [0.15, 0.2) is 48.8 Å². The molecule has 1 heterocycles. The summed E-state index contributed by atoms with van der Waals surface area (Å²) in [5.41, 5.74) is 3.42. The van der Waals surface area contributed by atoms with Gasteiger partial charge in [-0.1, -0.05) is 29.8 Å². The van der Waals surface area contributed by atoms with Crippen molar-refractivity contribution in [3.05, 3.63) is 65.5 Å². The summed E-state index contributed by atoms with van der Waals surface area (Å²) in [7, 11) is 0. The topological polar surface area (TPSA) is 30.0 Å².